The Hall–Kier alpha value is -1.15. The normalized spacial score (nSPS) is 13.3. The van der Waals surface area contributed by atoms with Gasteiger partial charge in [-0.3, -0.25) is 4.79 Å². The maximum atomic E-state index is 12.1. The summed E-state index contributed by atoms with van der Waals surface area (Å²) in [6.07, 6.45) is 0. The molecule has 0 aliphatic heterocycles. The first-order valence-electron chi connectivity index (χ1n) is 5.84. The molecule has 0 spiro atoms. The average Bonchev–Trinajstić information content (AvgIpc) is 2.38. The third-order valence-corrected chi connectivity index (χ3v) is 4.90. The summed E-state index contributed by atoms with van der Waals surface area (Å²) in [6, 6.07) is 3.58. The number of carbonyl (C=O) groups excluding carboxylic acids is 1. The van der Waals surface area contributed by atoms with Crippen LogP contribution in [0.5, 0.6) is 0 Å². The van der Waals surface area contributed by atoms with Crippen LogP contribution in [0, 0.1) is 0 Å². The molecule has 0 saturated carbocycles. The molecule has 1 aromatic rings. The number of hydrogen-bond acceptors (Lipinski definition) is 4. The largest absolute Gasteiger partial charge is 0.394 e. The lowest BCUT2D eigenvalue weighted by atomic mass is 10.2. The number of aliphatic hydroxyl groups excluding tert-OH is 1. The summed E-state index contributed by atoms with van der Waals surface area (Å²) in [7, 11) is -0.963. The van der Waals surface area contributed by atoms with Crippen molar-refractivity contribution < 1.29 is 18.3 Å². The minimum Gasteiger partial charge on any atom is -0.394 e. The molecule has 0 heterocycles. The zero-order valence-corrected chi connectivity index (χ0v) is 13.0. The summed E-state index contributed by atoms with van der Waals surface area (Å²) in [6.45, 7) is 1.42. The first-order valence-corrected chi connectivity index (χ1v) is 7.65. The Bertz CT molecular complexity index is 601. The molecule has 0 saturated heterocycles. The van der Waals surface area contributed by atoms with Gasteiger partial charge in [-0.25, -0.2) is 12.7 Å². The number of hydrogen-bond donors (Lipinski definition) is 2. The number of rotatable bonds is 5. The smallest absolute Gasteiger partial charge is 0.251 e. The van der Waals surface area contributed by atoms with Gasteiger partial charge < -0.3 is 10.4 Å². The summed E-state index contributed by atoms with van der Waals surface area (Å²) in [4.78, 5) is 11.8. The highest BCUT2D eigenvalue weighted by atomic mass is 35.5. The molecule has 0 bridgehead atoms. The number of benzene rings is 1. The number of nitrogens with zero attached hydrogens (tertiary/aromatic N) is 1. The minimum absolute atomic E-state index is 0.0467. The van der Waals surface area contributed by atoms with Crippen LogP contribution >= 0.6 is 11.6 Å². The van der Waals surface area contributed by atoms with Gasteiger partial charge in [0, 0.05) is 25.7 Å². The molecule has 2 N–H and O–H groups in total. The standard InChI is InChI=1S/C12H17ClN2O4S/c1-8(7-16)14-12(17)9-4-5-10(13)11(6-9)20(18,19)15(2)3/h4-6,8,16H,7H2,1-3H3,(H,14,17). The van der Waals surface area contributed by atoms with Crippen molar-refractivity contribution in [3.8, 4) is 0 Å². The van der Waals surface area contributed by atoms with Crippen molar-refractivity contribution in [2.45, 2.75) is 17.9 Å². The van der Waals surface area contributed by atoms with E-state index < -0.39 is 22.0 Å². The number of halogens is 1. The highest BCUT2D eigenvalue weighted by Crippen LogP contribution is 2.24. The van der Waals surface area contributed by atoms with Gasteiger partial charge in [-0.2, -0.15) is 0 Å². The van der Waals surface area contributed by atoms with Crippen LogP contribution in [0.2, 0.25) is 5.02 Å². The third kappa shape index (κ3) is 3.69. The van der Waals surface area contributed by atoms with Gasteiger partial charge >= 0.3 is 0 Å². The molecule has 1 atom stereocenters. The SMILES string of the molecule is CC(CO)NC(=O)c1ccc(Cl)c(S(=O)(=O)N(C)C)c1. The summed E-state index contributed by atoms with van der Waals surface area (Å²) < 4.78 is 25.2. The van der Waals surface area contributed by atoms with Crippen molar-refractivity contribution in [2.24, 2.45) is 0 Å². The number of nitrogens with one attached hydrogen (secondary N) is 1. The summed E-state index contributed by atoms with van der Waals surface area (Å²) in [5.41, 5.74) is 0.162. The second-order valence-corrected chi connectivity index (χ2v) is 7.02. The maximum Gasteiger partial charge on any atom is 0.251 e. The van der Waals surface area contributed by atoms with Crippen LogP contribution in [-0.2, 0) is 10.0 Å². The summed E-state index contributed by atoms with van der Waals surface area (Å²) in [5.74, 6) is -0.474. The van der Waals surface area contributed by atoms with E-state index >= 15 is 0 Å². The van der Waals surface area contributed by atoms with E-state index in [1.807, 2.05) is 0 Å². The summed E-state index contributed by atoms with van der Waals surface area (Å²) in [5, 5.41) is 11.5. The Morgan fingerprint density at radius 2 is 2.05 bits per heavy atom. The van der Waals surface area contributed by atoms with Crippen LogP contribution in [-0.4, -0.2) is 50.5 Å². The molecule has 0 aliphatic rings. The van der Waals surface area contributed by atoms with Crippen molar-refractivity contribution in [3.63, 3.8) is 0 Å². The Balaban J connectivity index is 3.19. The van der Waals surface area contributed by atoms with Crippen molar-refractivity contribution in [3.05, 3.63) is 28.8 Å². The van der Waals surface area contributed by atoms with E-state index in [2.05, 4.69) is 5.32 Å². The molecule has 0 fully saturated rings. The topological polar surface area (TPSA) is 86.7 Å². The third-order valence-electron chi connectivity index (χ3n) is 2.60. The fraction of sp³-hybridized carbons (Fsp3) is 0.417. The monoisotopic (exact) mass is 320 g/mol. The van der Waals surface area contributed by atoms with E-state index in [0.29, 0.717) is 0 Å². The molecule has 6 nitrogen and oxygen atoms in total. The molecule has 112 valence electrons. The van der Waals surface area contributed by atoms with E-state index in [4.69, 9.17) is 16.7 Å². The first-order chi connectivity index (χ1) is 9.20. The van der Waals surface area contributed by atoms with Crippen molar-refractivity contribution in [1.82, 2.24) is 9.62 Å². The quantitative estimate of drug-likeness (QED) is 0.836. The molecule has 0 radical (unpaired) electrons. The predicted octanol–water partition coefficient (Wildman–Crippen LogP) is 0.701. The van der Waals surface area contributed by atoms with Gasteiger partial charge in [0.05, 0.1) is 11.6 Å². The van der Waals surface area contributed by atoms with Crippen molar-refractivity contribution >= 4 is 27.5 Å². The Kier molecular flexibility index (Phi) is 5.52. The number of carbonyl (C=O) groups is 1. The predicted molar refractivity (Wildman–Crippen MR) is 76.3 cm³/mol. The second kappa shape index (κ2) is 6.53. The molecule has 1 rings (SSSR count). The molecule has 0 aliphatic carbocycles. The van der Waals surface area contributed by atoms with E-state index in [1.165, 1.54) is 32.3 Å². The Morgan fingerprint density at radius 3 is 2.55 bits per heavy atom. The van der Waals surface area contributed by atoms with Gasteiger partial charge in [-0.1, -0.05) is 11.6 Å². The lowest BCUT2D eigenvalue weighted by Gasteiger charge is -2.15. The van der Waals surface area contributed by atoms with Gasteiger partial charge in [-0.15, -0.1) is 0 Å². The molecule has 0 aromatic heterocycles. The molecular weight excluding hydrogens is 304 g/mol. The van der Waals surface area contributed by atoms with Gasteiger partial charge in [0.25, 0.3) is 5.91 Å². The van der Waals surface area contributed by atoms with E-state index in [0.717, 1.165) is 4.31 Å². The van der Waals surface area contributed by atoms with Gasteiger partial charge in [0.15, 0.2) is 0 Å². The van der Waals surface area contributed by atoms with Crippen LogP contribution in [0.1, 0.15) is 17.3 Å². The number of amides is 1. The second-order valence-electron chi connectivity index (χ2n) is 4.49. The Morgan fingerprint density at radius 1 is 1.45 bits per heavy atom. The van der Waals surface area contributed by atoms with Gasteiger partial charge in [0.2, 0.25) is 10.0 Å². The minimum atomic E-state index is -3.73. The van der Waals surface area contributed by atoms with E-state index in [-0.39, 0.29) is 22.1 Å². The highest BCUT2D eigenvalue weighted by Gasteiger charge is 2.22. The Labute approximate surface area is 123 Å². The molecule has 1 unspecified atom stereocenters. The fourth-order valence-electron chi connectivity index (χ4n) is 1.39. The first kappa shape index (κ1) is 16.9. The summed E-state index contributed by atoms with van der Waals surface area (Å²) >= 11 is 5.88. The van der Waals surface area contributed by atoms with Crippen molar-refractivity contribution in [1.29, 1.82) is 0 Å². The van der Waals surface area contributed by atoms with Gasteiger partial charge in [-0.05, 0) is 25.1 Å². The van der Waals surface area contributed by atoms with Crippen LogP contribution in [0.25, 0.3) is 0 Å². The number of sulfonamides is 1. The van der Waals surface area contributed by atoms with Crippen molar-refractivity contribution in [2.75, 3.05) is 20.7 Å². The molecule has 20 heavy (non-hydrogen) atoms. The lowest BCUT2D eigenvalue weighted by molar-refractivity contribution is 0.0922. The van der Waals surface area contributed by atoms with E-state index in [9.17, 15) is 13.2 Å². The zero-order valence-electron chi connectivity index (χ0n) is 11.4. The lowest BCUT2D eigenvalue weighted by Crippen LogP contribution is -2.35. The average molecular weight is 321 g/mol. The van der Waals surface area contributed by atoms with Crippen LogP contribution in [0.4, 0.5) is 0 Å². The maximum absolute atomic E-state index is 12.1. The fourth-order valence-corrected chi connectivity index (χ4v) is 2.79. The molecule has 1 aromatic carbocycles. The zero-order chi connectivity index (χ0) is 15.5. The van der Waals surface area contributed by atoms with Gasteiger partial charge in [0.1, 0.15) is 4.90 Å². The van der Waals surface area contributed by atoms with Crippen LogP contribution in [0.15, 0.2) is 23.1 Å². The molecule has 8 heteroatoms. The number of aliphatic hydroxyl groups is 1. The molecular formula is C12H17ClN2O4S. The van der Waals surface area contributed by atoms with Crippen LogP contribution < -0.4 is 5.32 Å². The molecule has 1 amide bonds. The van der Waals surface area contributed by atoms with E-state index in [1.54, 1.807) is 6.92 Å². The van der Waals surface area contributed by atoms with Crippen LogP contribution in [0.3, 0.4) is 0 Å². The highest BCUT2D eigenvalue weighted by molar-refractivity contribution is 7.89.